The van der Waals surface area contributed by atoms with Gasteiger partial charge in [0.25, 0.3) is 15.9 Å². The number of ether oxygens (including phenoxy) is 1. The molecule has 1 aliphatic heterocycles. The van der Waals surface area contributed by atoms with Crippen LogP contribution in [0.25, 0.3) is 0 Å². The Morgan fingerprint density at radius 3 is 2.71 bits per heavy atom. The highest BCUT2D eigenvalue weighted by Crippen LogP contribution is 2.24. The third-order valence-electron chi connectivity index (χ3n) is 5.37. The molecule has 34 heavy (non-hydrogen) atoms. The van der Waals surface area contributed by atoms with E-state index in [1.165, 1.54) is 35.7 Å². The van der Waals surface area contributed by atoms with Crippen molar-refractivity contribution in [1.29, 1.82) is 0 Å². The van der Waals surface area contributed by atoms with Crippen molar-refractivity contribution >= 4 is 49.7 Å². The molecule has 12 heteroatoms. The van der Waals surface area contributed by atoms with Gasteiger partial charge >= 0.3 is 0 Å². The van der Waals surface area contributed by atoms with Crippen molar-refractivity contribution in [3.63, 3.8) is 0 Å². The van der Waals surface area contributed by atoms with E-state index >= 15 is 0 Å². The standard InChI is InChI=1S/C22H22ClFN4O4S2.2H2/c1-15-13-27(9-10-28(15)21(29)14-32-17-4-7-20(24)19(23)12-17)16-2-5-18(6-3-16)34(30,31)26-22-25-8-11-33-22;;/h2-8,11-12,15H,9-10,13-14H2,1H3,(H,25,26);2*1H/t15-;;/m1../s1. The zero-order valence-corrected chi connectivity index (χ0v) is 20.5. The van der Waals surface area contributed by atoms with Crippen molar-refractivity contribution in [2.75, 3.05) is 35.9 Å². The minimum Gasteiger partial charge on any atom is -0.484 e. The van der Waals surface area contributed by atoms with Gasteiger partial charge in [-0.3, -0.25) is 9.52 Å². The topological polar surface area (TPSA) is 91.8 Å². The van der Waals surface area contributed by atoms with Gasteiger partial charge in [-0.05, 0) is 43.3 Å². The van der Waals surface area contributed by atoms with Crippen molar-refractivity contribution < 1.29 is 25.2 Å². The molecule has 0 saturated carbocycles. The number of nitrogens with zero attached hydrogens (tertiary/aromatic N) is 3. The maximum atomic E-state index is 13.3. The van der Waals surface area contributed by atoms with E-state index in [4.69, 9.17) is 16.3 Å². The molecule has 4 rings (SSSR count). The molecule has 0 bridgehead atoms. The Bertz CT molecular complexity index is 1270. The van der Waals surface area contributed by atoms with Crippen molar-refractivity contribution in [3.05, 3.63) is 64.9 Å². The summed E-state index contributed by atoms with van der Waals surface area (Å²) in [7, 11) is -3.71. The first-order chi connectivity index (χ1) is 16.2. The van der Waals surface area contributed by atoms with Gasteiger partial charge in [0.2, 0.25) is 0 Å². The number of carbonyl (C=O) groups excluding carboxylic acids is 1. The van der Waals surface area contributed by atoms with E-state index in [1.807, 2.05) is 6.92 Å². The first kappa shape index (κ1) is 24.2. The molecule has 1 amide bonds. The predicted octanol–water partition coefficient (Wildman–Crippen LogP) is 4.34. The maximum Gasteiger partial charge on any atom is 0.263 e. The maximum absolute atomic E-state index is 13.3. The molecule has 1 fully saturated rings. The van der Waals surface area contributed by atoms with Gasteiger partial charge in [-0.25, -0.2) is 17.8 Å². The van der Waals surface area contributed by atoms with Gasteiger partial charge in [0.15, 0.2) is 11.7 Å². The molecule has 1 saturated heterocycles. The second kappa shape index (κ2) is 10.2. The number of hydrogen-bond acceptors (Lipinski definition) is 7. The number of benzene rings is 2. The average molecular weight is 529 g/mol. The molecular weight excluding hydrogens is 503 g/mol. The second-order valence-electron chi connectivity index (χ2n) is 7.68. The summed E-state index contributed by atoms with van der Waals surface area (Å²) in [5.74, 6) is -0.403. The third-order valence-corrected chi connectivity index (χ3v) is 7.83. The summed E-state index contributed by atoms with van der Waals surface area (Å²) in [5, 5.41) is 1.94. The summed E-state index contributed by atoms with van der Waals surface area (Å²) < 4.78 is 46.2. The van der Waals surface area contributed by atoms with Crippen molar-refractivity contribution in [2.45, 2.75) is 17.9 Å². The van der Waals surface area contributed by atoms with E-state index in [9.17, 15) is 17.6 Å². The van der Waals surface area contributed by atoms with Crippen LogP contribution in [0.15, 0.2) is 58.9 Å². The summed E-state index contributed by atoms with van der Waals surface area (Å²) in [6, 6.07) is 10.5. The quantitative estimate of drug-likeness (QED) is 0.490. The number of nitrogens with one attached hydrogen (secondary N) is 1. The molecule has 2 aromatic carbocycles. The monoisotopic (exact) mass is 528 g/mol. The normalized spacial score (nSPS) is 16.4. The fraction of sp³-hybridized carbons (Fsp3) is 0.273. The number of rotatable bonds is 7. The number of aromatic nitrogens is 1. The van der Waals surface area contributed by atoms with E-state index < -0.39 is 15.8 Å². The summed E-state index contributed by atoms with van der Waals surface area (Å²) in [5.41, 5.74) is 0.865. The van der Waals surface area contributed by atoms with E-state index in [0.29, 0.717) is 30.5 Å². The van der Waals surface area contributed by atoms with Gasteiger partial charge in [-0.2, -0.15) is 0 Å². The molecule has 1 N–H and O–H groups in total. The molecule has 0 spiro atoms. The lowest BCUT2D eigenvalue weighted by Crippen LogP contribution is -2.55. The zero-order valence-electron chi connectivity index (χ0n) is 18.1. The van der Waals surface area contributed by atoms with Gasteiger partial charge < -0.3 is 14.5 Å². The van der Waals surface area contributed by atoms with Gasteiger partial charge in [0.05, 0.1) is 9.92 Å². The van der Waals surface area contributed by atoms with Crippen LogP contribution in [-0.4, -0.2) is 56.5 Å². The first-order valence-electron chi connectivity index (χ1n) is 10.4. The highest BCUT2D eigenvalue weighted by atomic mass is 35.5. The van der Waals surface area contributed by atoms with Gasteiger partial charge in [0, 0.05) is 51.9 Å². The molecular formula is C22H26ClFN4O4S2. The number of carbonyl (C=O) groups is 1. The molecule has 2 heterocycles. The molecule has 1 aliphatic rings. The number of piperazine rings is 1. The Morgan fingerprint density at radius 2 is 2.06 bits per heavy atom. The van der Waals surface area contributed by atoms with Crippen molar-refractivity contribution in [2.24, 2.45) is 0 Å². The van der Waals surface area contributed by atoms with Crippen LogP contribution >= 0.6 is 22.9 Å². The highest BCUT2D eigenvalue weighted by Gasteiger charge is 2.28. The van der Waals surface area contributed by atoms with Crippen LogP contribution in [0.1, 0.15) is 9.78 Å². The number of hydrogen-bond donors (Lipinski definition) is 1. The van der Waals surface area contributed by atoms with E-state index in [2.05, 4.69) is 14.6 Å². The lowest BCUT2D eigenvalue weighted by molar-refractivity contribution is -0.135. The van der Waals surface area contributed by atoms with Crippen LogP contribution < -0.4 is 14.4 Å². The SMILES string of the molecule is C[C@@H]1CN(c2ccc(S(=O)(=O)Nc3nccs3)cc2)CCN1C(=O)COc1ccc(F)c(Cl)c1.[HH].[HH]. The molecule has 1 atom stereocenters. The Labute approximate surface area is 208 Å². The van der Waals surface area contributed by atoms with E-state index in [-0.39, 0.29) is 31.3 Å². The fourth-order valence-corrected chi connectivity index (χ4v) is 5.60. The van der Waals surface area contributed by atoms with Gasteiger partial charge in [-0.1, -0.05) is 11.6 Å². The molecule has 3 aromatic rings. The number of sulfonamides is 1. The lowest BCUT2D eigenvalue weighted by atomic mass is 10.1. The Balaban J connectivity index is 0.00000228. The van der Waals surface area contributed by atoms with E-state index in [0.717, 1.165) is 5.69 Å². The molecule has 0 unspecified atom stereocenters. The highest BCUT2D eigenvalue weighted by molar-refractivity contribution is 7.93. The van der Waals surface area contributed by atoms with Crippen molar-refractivity contribution in [1.82, 2.24) is 9.88 Å². The molecule has 0 aliphatic carbocycles. The van der Waals surface area contributed by atoms with Crippen LogP contribution in [0.3, 0.4) is 0 Å². The van der Waals surface area contributed by atoms with Crippen molar-refractivity contribution in [3.8, 4) is 5.75 Å². The fourth-order valence-electron chi connectivity index (χ4n) is 3.64. The predicted molar refractivity (Wildman–Crippen MR) is 134 cm³/mol. The minimum absolute atomic E-state index is 0. The Morgan fingerprint density at radius 1 is 1.29 bits per heavy atom. The summed E-state index contributed by atoms with van der Waals surface area (Å²) in [4.78, 5) is 20.6. The number of halogens is 2. The number of anilines is 2. The Hall–Kier alpha value is -2.89. The summed E-state index contributed by atoms with van der Waals surface area (Å²) in [6.45, 7) is 3.42. The largest absolute Gasteiger partial charge is 0.484 e. The average Bonchev–Trinajstić information content (AvgIpc) is 3.32. The lowest BCUT2D eigenvalue weighted by Gasteiger charge is -2.41. The van der Waals surface area contributed by atoms with Crippen LogP contribution in [0, 0.1) is 5.82 Å². The third kappa shape index (κ3) is 5.60. The smallest absolute Gasteiger partial charge is 0.263 e. The molecule has 8 nitrogen and oxygen atoms in total. The van der Waals surface area contributed by atoms with Crippen LogP contribution in [0.2, 0.25) is 5.02 Å². The Kier molecular flexibility index (Phi) is 7.24. The first-order valence-corrected chi connectivity index (χ1v) is 13.1. The summed E-state index contributed by atoms with van der Waals surface area (Å²) >= 11 is 6.95. The molecule has 0 radical (unpaired) electrons. The summed E-state index contributed by atoms with van der Waals surface area (Å²) in [6.07, 6.45) is 1.53. The number of amides is 1. The molecule has 1 aromatic heterocycles. The van der Waals surface area contributed by atoms with Gasteiger partial charge in [0.1, 0.15) is 11.6 Å². The second-order valence-corrected chi connectivity index (χ2v) is 10.7. The minimum atomic E-state index is -3.71. The van der Waals surface area contributed by atoms with E-state index in [1.54, 1.807) is 34.5 Å². The van der Waals surface area contributed by atoms with Crippen LogP contribution in [-0.2, 0) is 14.8 Å². The van der Waals surface area contributed by atoms with Crippen LogP contribution in [0.5, 0.6) is 5.75 Å². The van der Waals surface area contributed by atoms with Gasteiger partial charge in [-0.15, -0.1) is 11.3 Å². The van der Waals surface area contributed by atoms with Crippen LogP contribution in [0.4, 0.5) is 15.2 Å². The number of thiazole rings is 1. The zero-order chi connectivity index (χ0) is 24.3. The molecule has 184 valence electrons.